The maximum Gasteiger partial charge on any atom is 0.274 e. The first kappa shape index (κ1) is 23.2. The second kappa shape index (κ2) is 9.95. The number of nitrogens with one attached hydrogen (secondary N) is 1. The van der Waals surface area contributed by atoms with Gasteiger partial charge in [0.25, 0.3) is 5.91 Å². The van der Waals surface area contributed by atoms with Crippen LogP contribution in [0.3, 0.4) is 0 Å². The van der Waals surface area contributed by atoms with Crippen molar-refractivity contribution in [3.05, 3.63) is 89.0 Å². The zero-order chi connectivity index (χ0) is 24.4. The molecule has 0 bridgehead atoms. The summed E-state index contributed by atoms with van der Waals surface area (Å²) in [5, 5.41) is 2.81. The molecule has 9 heteroatoms. The number of rotatable bonds is 5. The molecule has 1 saturated heterocycles. The van der Waals surface area contributed by atoms with E-state index >= 15 is 0 Å². The van der Waals surface area contributed by atoms with Gasteiger partial charge < -0.3 is 19.5 Å². The van der Waals surface area contributed by atoms with Gasteiger partial charge in [-0.3, -0.25) is 9.59 Å². The summed E-state index contributed by atoms with van der Waals surface area (Å²) < 4.78 is 34.9. The van der Waals surface area contributed by atoms with Crippen LogP contribution in [0, 0.1) is 17.6 Å². The summed E-state index contributed by atoms with van der Waals surface area (Å²) in [5.74, 6) is -1.16. The van der Waals surface area contributed by atoms with E-state index in [9.17, 15) is 18.4 Å². The maximum atomic E-state index is 13.8. The predicted octanol–water partition coefficient (Wildman–Crippen LogP) is 3.60. The first-order chi connectivity index (χ1) is 17.0. The molecule has 5 rings (SSSR count). The second-order valence-electron chi connectivity index (χ2n) is 8.92. The van der Waals surface area contributed by atoms with Gasteiger partial charge >= 0.3 is 0 Å². The molecule has 0 spiro atoms. The number of ether oxygens (including phenoxy) is 1. The number of likely N-dealkylation sites (tertiary alicyclic amines) is 1. The zero-order valence-electron chi connectivity index (χ0n) is 19.1. The zero-order valence-corrected chi connectivity index (χ0v) is 19.1. The van der Waals surface area contributed by atoms with Crippen molar-refractivity contribution in [1.29, 1.82) is 0 Å². The summed E-state index contributed by atoms with van der Waals surface area (Å²) in [6, 6.07) is 12.6. The molecule has 1 aromatic heterocycles. The van der Waals surface area contributed by atoms with Crippen molar-refractivity contribution >= 4 is 11.8 Å². The number of halogens is 2. The van der Waals surface area contributed by atoms with E-state index in [4.69, 9.17) is 4.74 Å². The highest BCUT2D eigenvalue weighted by atomic mass is 19.1. The summed E-state index contributed by atoms with van der Waals surface area (Å²) in [6.45, 7) is 1.76. The average Bonchev–Trinajstić information content (AvgIpc) is 3.31. The van der Waals surface area contributed by atoms with Crippen molar-refractivity contribution in [1.82, 2.24) is 19.8 Å². The molecule has 0 radical (unpaired) electrons. The number of aromatic nitrogens is 2. The monoisotopic (exact) mass is 480 g/mol. The summed E-state index contributed by atoms with van der Waals surface area (Å²) >= 11 is 0. The summed E-state index contributed by atoms with van der Waals surface area (Å²) in [6.07, 6.45) is 2.48. The molecule has 1 fully saturated rings. The lowest BCUT2D eigenvalue weighted by Crippen LogP contribution is -2.43. The Balaban J connectivity index is 1.16. The number of carbonyl (C=O) groups excluding carboxylic acids is 2. The van der Waals surface area contributed by atoms with Gasteiger partial charge in [0.2, 0.25) is 5.91 Å². The van der Waals surface area contributed by atoms with Gasteiger partial charge in [-0.2, -0.15) is 0 Å². The highest BCUT2D eigenvalue weighted by Crippen LogP contribution is 2.29. The minimum atomic E-state index is -0.343. The van der Waals surface area contributed by atoms with Gasteiger partial charge in [0.05, 0.1) is 25.2 Å². The number of carbonyl (C=O) groups is 2. The van der Waals surface area contributed by atoms with Crippen molar-refractivity contribution in [3.8, 4) is 0 Å². The molecular weight excluding hydrogens is 454 g/mol. The molecule has 2 amide bonds. The molecule has 1 atom stereocenters. The molecule has 2 aromatic carbocycles. The Morgan fingerprint density at radius 3 is 2.54 bits per heavy atom. The summed E-state index contributed by atoms with van der Waals surface area (Å²) in [5.41, 5.74) is 2.40. The minimum absolute atomic E-state index is 0.125. The van der Waals surface area contributed by atoms with Crippen molar-refractivity contribution in [2.24, 2.45) is 5.92 Å². The Bertz CT molecular complexity index is 1220. The van der Waals surface area contributed by atoms with Crippen LogP contribution in [0.4, 0.5) is 8.78 Å². The number of nitrogens with zero attached hydrogens (tertiary/aromatic N) is 3. The molecule has 3 aromatic rings. The molecule has 0 aliphatic carbocycles. The van der Waals surface area contributed by atoms with Crippen LogP contribution in [-0.2, 0) is 29.2 Å². The van der Waals surface area contributed by atoms with Crippen LogP contribution in [0.15, 0.2) is 54.9 Å². The third kappa shape index (κ3) is 4.95. The fourth-order valence-electron chi connectivity index (χ4n) is 4.65. The van der Waals surface area contributed by atoms with Gasteiger partial charge in [0.1, 0.15) is 17.7 Å². The number of fused-ring (bicyclic) bond motifs is 1. The lowest BCUT2D eigenvalue weighted by Gasteiger charge is -2.31. The van der Waals surface area contributed by atoms with Crippen LogP contribution < -0.4 is 5.32 Å². The fourth-order valence-corrected chi connectivity index (χ4v) is 4.65. The van der Waals surface area contributed by atoms with Gasteiger partial charge in [-0.1, -0.05) is 30.3 Å². The Morgan fingerprint density at radius 1 is 1.06 bits per heavy atom. The Hall–Kier alpha value is -3.59. The standard InChI is InChI=1S/C26H26F2N4O3/c27-20-7-5-17(6-8-20)23-14-32-16-30-24(22(32)15-35-23)26(34)31-11-9-18(10-12-31)25(33)29-13-19-3-1-2-4-21(19)28/h1-8,16,18,23H,9-15H2,(H,29,33)/t23-/m1/s1. The van der Waals surface area contributed by atoms with E-state index < -0.39 is 0 Å². The van der Waals surface area contributed by atoms with Crippen LogP contribution in [0.1, 0.15) is 46.3 Å². The molecule has 1 N–H and O–H groups in total. The number of benzene rings is 2. The molecular formula is C26H26F2N4O3. The first-order valence-electron chi connectivity index (χ1n) is 11.7. The lowest BCUT2D eigenvalue weighted by molar-refractivity contribution is -0.126. The average molecular weight is 481 g/mol. The van der Waals surface area contributed by atoms with E-state index in [0.717, 1.165) is 11.3 Å². The fraction of sp³-hybridized carbons (Fsp3) is 0.346. The Morgan fingerprint density at radius 2 is 1.80 bits per heavy atom. The van der Waals surface area contributed by atoms with Crippen LogP contribution in [0.2, 0.25) is 0 Å². The molecule has 3 heterocycles. The molecule has 182 valence electrons. The highest BCUT2D eigenvalue weighted by Gasteiger charge is 2.32. The van der Waals surface area contributed by atoms with Crippen molar-refractivity contribution < 1.29 is 23.1 Å². The summed E-state index contributed by atoms with van der Waals surface area (Å²) in [4.78, 5) is 31.8. The number of imidazole rings is 1. The normalized spacial score (nSPS) is 18.2. The largest absolute Gasteiger partial charge is 0.365 e. The van der Waals surface area contributed by atoms with Gasteiger partial charge in [-0.25, -0.2) is 13.8 Å². The SMILES string of the molecule is O=C(NCc1ccccc1F)C1CCN(C(=O)c2ncn3c2CO[C@@H](c2ccc(F)cc2)C3)CC1. The van der Waals surface area contributed by atoms with Gasteiger partial charge in [0.15, 0.2) is 5.69 Å². The van der Waals surface area contributed by atoms with E-state index in [-0.39, 0.29) is 48.6 Å². The third-order valence-electron chi connectivity index (χ3n) is 6.74. The quantitative estimate of drug-likeness (QED) is 0.606. The molecule has 2 aliphatic rings. The van der Waals surface area contributed by atoms with E-state index in [2.05, 4.69) is 10.3 Å². The van der Waals surface area contributed by atoms with Crippen molar-refractivity contribution in [3.63, 3.8) is 0 Å². The number of hydrogen-bond donors (Lipinski definition) is 1. The van der Waals surface area contributed by atoms with Crippen molar-refractivity contribution in [2.45, 2.75) is 38.6 Å². The van der Waals surface area contributed by atoms with E-state index in [1.807, 2.05) is 4.57 Å². The molecule has 0 unspecified atom stereocenters. The van der Waals surface area contributed by atoms with Crippen LogP contribution in [0.5, 0.6) is 0 Å². The number of hydrogen-bond acceptors (Lipinski definition) is 4. The Kier molecular flexibility index (Phi) is 6.59. The number of piperidine rings is 1. The lowest BCUT2D eigenvalue weighted by atomic mass is 9.95. The van der Waals surface area contributed by atoms with Crippen molar-refractivity contribution in [2.75, 3.05) is 13.1 Å². The van der Waals surface area contributed by atoms with Gasteiger partial charge in [-0.15, -0.1) is 0 Å². The molecule has 35 heavy (non-hydrogen) atoms. The highest BCUT2D eigenvalue weighted by molar-refractivity contribution is 5.93. The van der Waals surface area contributed by atoms with E-state index in [1.54, 1.807) is 41.6 Å². The maximum absolute atomic E-state index is 13.8. The van der Waals surface area contributed by atoms with Crippen LogP contribution in [-0.4, -0.2) is 39.4 Å². The van der Waals surface area contributed by atoms with Gasteiger partial charge in [-0.05, 0) is 36.6 Å². The van der Waals surface area contributed by atoms with E-state index in [1.165, 1.54) is 18.2 Å². The third-order valence-corrected chi connectivity index (χ3v) is 6.74. The topological polar surface area (TPSA) is 76.5 Å². The molecule has 2 aliphatic heterocycles. The molecule has 7 nitrogen and oxygen atoms in total. The summed E-state index contributed by atoms with van der Waals surface area (Å²) in [7, 11) is 0. The van der Waals surface area contributed by atoms with Crippen LogP contribution >= 0.6 is 0 Å². The number of amides is 2. The van der Waals surface area contributed by atoms with Crippen LogP contribution in [0.25, 0.3) is 0 Å². The first-order valence-corrected chi connectivity index (χ1v) is 11.7. The predicted molar refractivity (Wildman–Crippen MR) is 123 cm³/mol. The second-order valence-corrected chi connectivity index (χ2v) is 8.92. The molecule has 0 saturated carbocycles. The smallest absolute Gasteiger partial charge is 0.274 e. The minimum Gasteiger partial charge on any atom is -0.365 e. The van der Waals surface area contributed by atoms with Gasteiger partial charge in [0, 0.05) is 31.1 Å². The Labute approximate surface area is 201 Å². The van der Waals surface area contributed by atoms with E-state index in [0.29, 0.717) is 43.7 Å².